The number of fused-ring (bicyclic) bond motifs is 1. The lowest BCUT2D eigenvalue weighted by molar-refractivity contribution is 0.0997. The van der Waals surface area contributed by atoms with Crippen molar-refractivity contribution in [3.05, 3.63) is 58.7 Å². The van der Waals surface area contributed by atoms with Gasteiger partial charge in [-0.25, -0.2) is 0 Å². The number of primary amides is 1. The third-order valence-corrected chi connectivity index (χ3v) is 6.85. The highest BCUT2D eigenvalue weighted by atomic mass is 35.5. The normalized spacial score (nSPS) is 13.7. The minimum Gasteiger partial charge on any atom is -0.364 e. The third-order valence-electron chi connectivity index (χ3n) is 3.96. The predicted molar refractivity (Wildman–Crippen MR) is 102 cm³/mol. The van der Waals surface area contributed by atoms with Crippen LogP contribution in [0.1, 0.15) is 23.0 Å². The Morgan fingerprint density at radius 3 is 2.52 bits per heavy atom. The molecule has 0 saturated carbocycles. The SMILES string of the molecule is CCOP(=O)(c1ccc(C)cc1)c1c(C(N)=O)[nH]c2ccc(Cl)cc12. The van der Waals surface area contributed by atoms with Crippen molar-refractivity contribution < 1.29 is 13.9 Å². The molecule has 3 aromatic rings. The van der Waals surface area contributed by atoms with Crippen LogP contribution in [0, 0.1) is 6.92 Å². The van der Waals surface area contributed by atoms with Crippen molar-refractivity contribution in [2.75, 3.05) is 6.61 Å². The van der Waals surface area contributed by atoms with Crippen LogP contribution in [0.3, 0.4) is 0 Å². The summed E-state index contributed by atoms with van der Waals surface area (Å²) in [6, 6.07) is 12.3. The highest BCUT2D eigenvalue weighted by Gasteiger charge is 2.36. The van der Waals surface area contributed by atoms with E-state index >= 15 is 0 Å². The summed E-state index contributed by atoms with van der Waals surface area (Å²) in [6.07, 6.45) is 0. The first-order chi connectivity index (χ1) is 11.9. The molecule has 0 spiro atoms. The molecule has 3 rings (SSSR count). The van der Waals surface area contributed by atoms with Gasteiger partial charge in [-0.05, 0) is 44.2 Å². The summed E-state index contributed by atoms with van der Waals surface area (Å²) < 4.78 is 19.7. The first-order valence-corrected chi connectivity index (χ1v) is 9.80. The Bertz CT molecular complexity index is 995. The second-order valence-electron chi connectivity index (χ2n) is 5.71. The summed E-state index contributed by atoms with van der Waals surface area (Å²) in [5.41, 5.74) is 7.27. The van der Waals surface area contributed by atoms with Crippen molar-refractivity contribution in [3.63, 3.8) is 0 Å². The molecule has 0 bridgehead atoms. The topological polar surface area (TPSA) is 85.2 Å². The molecule has 1 aromatic heterocycles. The van der Waals surface area contributed by atoms with E-state index in [-0.39, 0.29) is 17.6 Å². The molecule has 1 atom stereocenters. The second-order valence-corrected chi connectivity index (χ2v) is 8.47. The lowest BCUT2D eigenvalue weighted by atomic mass is 10.2. The van der Waals surface area contributed by atoms with Crippen LogP contribution in [0.2, 0.25) is 5.02 Å². The van der Waals surface area contributed by atoms with Gasteiger partial charge in [0.15, 0.2) is 0 Å². The van der Waals surface area contributed by atoms with Crippen LogP contribution < -0.4 is 16.3 Å². The van der Waals surface area contributed by atoms with Gasteiger partial charge in [0.05, 0.1) is 11.9 Å². The number of H-pyrrole nitrogens is 1. The Kier molecular flexibility index (Phi) is 4.74. The van der Waals surface area contributed by atoms with Crippen molar-refractivity contribution in [2.45, 2.75) is 13.8 Å². The van der Waals surface area contributed by atoms with Gasteiger partial charge in [0.25, 0.3) is 13.3 Å². The number of nitrogens with two attached hydrogens (primary N) is 1. The molecule has 1 amide bonds. The number of halogens is 1. The lowest BCUT2D eigenvalue weighted by Gasteiger charge is -2.19. The quantitative estimate of drug-likeness (QED) is 0.668. The van der Waals surface area contributed by atoms with Crippen molar-refractivity contribution in [2.24, 2.45) is 5.73 Å². The number of rotatable bonds is 5. The first-order valence-electron chi connectivity index (χ1n) is 7.80. The fourth-order valence-electron chi connectivity index (χ4n) is 2.82. The number of amides is 1. The van der Waals surface area contributed by atoms with E-state index in [1.54, 1.807) is 37.3 Å². The molecule has 2 aromatic carbocycles. The maximum Gasteiger partial charge on any atom is 0.266 e. The third kappa shape index (κ3) is 3.11. The Labute approximate surface area is 150 Å². The zero-order valence-electron chi connectivity index (χ0n) is 13.9. The summed E-state index contributed by atoms with van der Waals surface area (Å²) >= 11 is 6.11. The maximum atomic E-state index is 13.9. The monoisotopic (exact) mass is 376 g/mol. The summed E-state index contributed by atoms with van der Waals surface area (Å²) in [5, 5.41) is 1.81. The van der Waals surface area contributed by atoms with Gasteiger partial charge in [-0.1, -0.05) is 29.3 Å². The minimum absolute atomic E-state index is 0.0784. The van der Waals surface area contributed by atoms with Gasteiger partial charge in [0, 0.05) is 21.2 Å². The standard InChI is InChI=1S/C18H18ClN2O3P/c1-3-24-25(23,13-7-4-11(2)5-8-13)17-14-10-12(19)6-9-15(14)21-16(17)18(20)22/h4-10,21H,3H2,1-2H3,(H2,20,22). The molecule has 5 nitrogen and oxygen atoms in total. The molecule has 1 unspecified atom stereocenters. The van der Waals surface area contributed by atoms with E-state index in [0.29, 0.717) is 21.2 Å². The fraction of sp³-hybridized carbons (Fsp3) is 0.167. The first kappa shape index (κ1) is 17.7. The zero-order chi connectivity index (χ0) is 18.2. The van der Waals surface area contributed by atoms with E-state index < -0.39 is 13.3 Å². The van der Waals surface area contributed by atoms with Crippen LogP contribution in [0.15, 0.2) is 42.5 Å². The Morgan fingerprint density at radius 2 is 1.92 bits per heavy atom. The van der Waals surface area contributed by atoms with Gasteiger partial charge < -0.3 is 15.2 Å². The van der Waals surface area contributed by atoms with Crippen LogP contribution in [0.4, 0.5) is 0 Å². The lowest BCUT2D eigenvalue weighted by Crippen LogP contribution is -2.26. The molecule has 0 aliphatic heterocycles. The van der Waals surface area contributed by atoms with E-state index in [1.165, 1.54) is 0 Å². The molecule has 0 radical (unpaired) electrons. The van der Waals surface area contributed by atoms with Crippen molar-refractivity contribution >= 4 is 46.4 Å². The average Bonchev–Trinajstić information content (AvgIpc) is 2.95. The van der Waals surface area contributed by atoms with Gasteiger partial charge in [-0.2, -0.15) is 0 Å². The van der Waals surface area contributed by atoms with Gasteiger partial charge in [0.2, 0.25) is 0 Å². The summed E-state index contributed by atoms with van der Waals surface area (Å²) in [4.78, 5) is 14.9. The number of aromatic amines is 1. The van der Waals surface area contributed by atoms with Crippen LogP contribution in [0.25, 0.3) is 10.9 Å². The molecule has 3 N–H and O–H groups in total. The molecular formula is C18H18ClN2O3P. The smallest absolute Gasteiger partial charge is 0.266 e. The number of benzene rings is 2. The average molecular weight is 377 g/mol. The van der Waals surface area contributed by atoms with Crippen molar-refractivity contribution in [3.8, 4) is 0 Å². The summed E-state index contributed by atoms with van der Waals surface area (Å²) in [6.45, 7) is 3.92. The van der Waals surface area contributed by atoms with Crippen molar-refractivity contribution in [1.82, 2.24) is 4.98 Å². The Balaban J connectivity index is 2.38. The largest absolute Gasteiger partial charge is 0.364 e. The molecule has 0 saturated heterocycles. The molecule has 1 heterocycles. The predicted octanol–water partition coefficient (Wildman–Crippen LogP) is 3.49. The molecule has 25 heavy (non-hydrogen) atoms. The number of nitrogens with one attached hydrogen (secondary N) is 1. The van der Waals surface area contributed by atoms with Crippen molar-refractivity contribution in [1.29, 1.82) is 0 Å². The van der Waals surface area contributed by atoms with E-state index in [2.05, 4.69) is 4.98 Å². The van der Waals surface area contributed by atoms with Crippen LogP contribution in [-0.2, 0) is 9.09 Å². The van der Waals surface area contributed by atoms with Crippen LogP contribution in [-0.4, -0.2) is 17.5 Å². The molecule has 0 aliphatic carbocycles. The number of carbonyl (C=O) groups is 1. The highest BCUT2D eigenvalue weighted by molar-refractivity contribution is 7.75. The van der Waals surface area contributed by atoms with Gasteiger partial charge in [0.1, 0.15) is 5.69 Å². The molecule has 7 heteroatoms. The number of aromatic nitrogens is 1. The van der Waals surface area contributed by atoms with E-state index in [0.717, 1.165) is 5.56 Å². The van der Waals surface area contributed by atoms with Crippen LogP contribution in [0.5, 0.6) is 0 Å². The summed E-state index contributed by atoms with van der Waals surface area (Å²) in [7, 11) is -3.54. The number of aryl methyl sites for hydroxylation is 1. The van der Waals surface area contributed by atoms with Gasteiger partial charge in [-0.3, -0.25) is 9.36 Å². The molecular weight excluding hydrogens is 359 g/mol. The molecule has 0 fully saturated rings. The van der Waals surface area contributed by atoms with E-state index in [4.69, 9.17) is 21.9 Å². The number of carbonyl (C=O) groups excluding carboxylic acids is 1. The Morgan fingerprint density at radius 1 is 1.24 bits per heavy atom. The molecule has 0 aliphatic rings. The Hall–Kier alpha value is -2.07. The number of hydrogen-bond acceptors (Lipinski definition) is 3. The van der Waals surface area contributed by atoms with E-state index in [9.17, 15) is 9.36 Å². The number of hydrogen-bond donors (Lipinski definition) is 2. The van der Waals surface area contributed by atoms with Gasteiger partial charge >= 0.3 is 0 Å². The van der Waals surface area contributed by atoms with Gasteiger partial charge in [-0.15, -0.1) is 0 Å². The van der Waals surface area contributed by atoms with Crippen LogP contribution >= 0.6 is 19.0 Å². The fourth-order valence-corrected chi connectivity index (χ4v) is 5.40. The second kappa shape index (κ2) is 6.68. The minimum atomic E-state index is -3.54. The molecule has 130 valence electrons. The van der Waals surface area contributed by atoms with E-state index in [1.807, 2.05) is 19.1 Å². The summed E-state index contributed by atoms with van der Waals surface area (Å²) in [5.74, 6) is -0.700. The highest BCUT2D eigenvalue weighted by Crippen LogP contribution is 2.47. The zero-order valence-corrected chi connectivity index (χ0v) is 15.5. The maximum absolute atomic E-state index is 13.9.